The number of likely N-dealkylation sites (tertiary alicyclic amines) is 1. The van der Waals surface area contributed by atoms with E-state index in [-0.39, 0.29) is 0 Å². The summed E-state index contributed by atoms with van der Waals surface area (Å²) < 4.78 is 7.11. The molecular formula is C17H27N3O3. The predicted molar refractivity (Wildman–Crippen MR) is 87.9 cm³/mol. The van der Waals surface area contributed by atoms with E-state index in [0.29, 0.717) is 26.2 Å². The highest BCUT2D eigenvalue weighted by Crippen LogP contribution is 2.35. The van der Waals surface area contributed by atoms with E-state index >= 15 is 0 Å². The Morgan fingerprint density at radius 1 is 1.52 bits per heavy atom. The van der Waals surface area contributed by atoms with Gasteiger partial charge in [0.1, 0.15) is 12.6 Å². The summed E-state index contributed by atoms with van der Waals surface area (Å²) in [5.74, 6) is 0.218. The van der Waals surface area contributed by atoms with Crippen LogP contribution in [0.15, 0.2) is 24.0 Å². The van der Waals surface area contributed by atoms with E-state index in [0.717, 1.165) is 25.2 Å². The SMILES string of the molecule is COCn1ccnc1CN1CCCC(CC=C(C)C)(C(=O)O)C1. The minimum Gasteiger partial charge on any atom is -0.481 e. The van der Waals surface area contributed by atoms with Crippen LogP contribution in [0.2, 0.25) is 0 Å². The first-order valence-electron chi connectivity index (χ1n) is 8.05. The number of carbonyl (C=O) groups is 1. The Bertz CT molecular complexity index is 563. The highest BCUT2D eigenvalue weighted by molar-refractivity contribution is 5.75. The summed E-state index contributed by atoms with van der Waals surface area (Å²) >= 11 is 0. The van der Waals surface area contributed by atoms with Crippen LogP contribution in [0.5, 0.6) is 0 Å². The van der Waals surface area contributed by atoms with Crippen LogP contribution in [0, 0.1) is 5.41 Å². The van der Waals surface area contributed by atoms with Gasteiger partial charge in [-0.05, 0) is 39.7 Å². The highest BCUT2D eigenvalue weighted by atomic mass is 16.5. The molecule has 1 aromatic rings. The Hall–Kier alpha value is -1.66. The van der Waals surface area contributed by atoms with Crippen LogP contribution in [-0.4, -0.2) is 45.7 Å². The number of ether oxygens (including phenoxy) is 1. The zero-order chi connectivity index (χ0) is 16.9. The lowest BCUT2D eigenvalue weighted by atomic mass is 9.76. The van der Waals surface area contributed by atoms with Crippen LogP contribution in [0.25, 0.3) is 0 Å². The van der Waals surface area contributed by atoms with Crippen molar-refractivity contribution in [2.45, 2.75) is 46.4 Å². The number of hydrogen-bond donors (Lipinski definition) is 1. The minimum absolute atomic E-state index is 0.463. The van der Waals surface area contributed by atoms with Crippen molar-refractivity contribution < 1.29 is 14.6 Å². The molecule has 0 radical (unpaired) electrons. The van der Waals surface area contributed by atoms with Gasteiger partial charge in [-0.15, -0.1) is 0 Å². The minimum atomic E-state index is -0.695. The third-order valence-electron chi connectivity index (χ3n) is 4.45. The number of aromatic nitrogens is 2. The third kappa shape index (κ3) is 4.42. The van der Waals surface area contributed by atoms with Crippen LogP contribution in [-0.2, 0) is 22.8 Å². The molecule has 0 amide bonds. The number of nitrogens with zero attached hydrogens (tertiary/aromatic N) is 3. The van der Waals surface area contributed by atoms with Crippen molar-refractivity contribution in [3.05, 3.63) is 29.9 Å². The number of carboxylic acids is 1. The van der Waals surface area contributed by atoms with Crippen molar-refractivity contribution in [1.82, 2.24) is 14.5 Å². The number of imidazole rings is 1. The number of aliphatic carboxylic acids is 1. The molecule has 1 fully saturated rings. The molecular weight excluding hydrogens is 294 g/mol. The van der Waals surface area contributed by atoms with Gasteiger partial charge in [0.05, 0.1) is 12.0 Å². The zero-order valence-electron chi connectivity index (χ0n) is 14.3. The van der Waals surface area contributed by atoms with E-state index in [4.69, 9.17) is 4.74 Å². The summed E-state index contributed by atoms with van der Waals surface area (Å²) in [6.45, 7) is 6.61. The monoisotopic (exact) mass is 321 g/mol. The zero-order valence-corrected chi connectivity index (χ0v) is 14.3. The van der Waals surface area contributed by atoms with Gasteiger partial charge in [0.15, 0.2) is 0 Å². The molecule has 1 atom stereocenters. The van der Waals surface area contributed by atoms with Gasteiger partial charge in [-0.3, -0.25) is 9.69 Å². The fourth-order valence-corrected chi connectivity index (χ4v) is 3.14. The molecule has 0 bridgehead atoms. The van der Waals surface area contributed by atoms with E-state index in [9.17, 15) is 9.90 Å². The molecule has 6 heteroatoms. The molecule has 1 N–H and O–H groups in total. The molecule has 1 saturated heterocycles. The van der Waals surface area contributed by atoms with Crippen molar-refractivity contribution in [3.63, 3.8) is 0 Å². The molecule has 0 spiro atoms. The van der Waals surface area contributed by atoms with Gasteiger partial charge in [-0.2, -0.15) is 0 Å². The van der Waals surface area contributed by atoms with Crippen molar-refractivity contribution in [3.8, 4) is 0 Å². The van der Waals surface area contributed by atoms with E-state index in [1.165, 1.54) is 5.57 Å². The first-order valence-corrected chi connectivity index (χ1v) is 8.05. The molecule has 23 heavy (non-hydrogen) atoms. The number of allylic oxidation sites excluding steroid dienone is 2. The van der Waals surface area contributed by atoms with Gasteiger partial charge in [0.25, 0.3) is 0 Å². The Kier molecular flexibility index (Phi) is 5.96. The van der Waals surface area contributed by atoms with E-state index in [1.807, 2.05) is 30.7 Å². The molecule has 0 aromatic carbocycles. The lowest BCUT2D eigenvalue weighted by Gasteiger charge is -2.39. The lowest BCUT2D eigenvalue weighted by Crippen LogP contribution is -2.47. The summed E-state index contributed by atoms with van der Waals surface area (Å²) in [6, 6.07) is 0. The van der Waals surface area contributed by atoms with Crippen LogP contribution in [0.4, 0.5) is 0 Å². The maximum atomic E-state index is 11.9. The Balaban J connectivity index is 2.10. The maximum absolute atomic E-state index is 11.9. The Labute approximate surface area is 137 Å². The van der Waals surface area contributed by atoms with Gasteiger partial charge >= 0.3 is 5.97 Å². The fraction of sp³-hybridized carbons (Fsp3) is 0.647. The van der Waals surface area contributed by atoms with Crippen LogP contribution in [0.1, 0.15) is 38.9 Å². The smallest absolute Gasteiger partial charge is 0.311 e. The lowest BCUT2D eigenvalue weighted by molar-refractivity contribution is -0.152. The maximum Gasteiger partial charge on any atom is 0.311 e. The van der Waals surface area contributed by atoms with Crippen LogP contribution < -0.4 is 0 Å². The number of hydrogen-bond acceptors (Lipinski definition) is 4. The average Bonchev–Trinajstić information content (AvgIpc) is 2.93. The number of methoxy groups -OCH3 is 1. The average molecular weight is 321 g/mol. The second-order valence-electron chi connectivity index (χ2n) is 6.62. The van der Waals surface area contributed by atoms with Gasteiger partial charge in [-0.1, -0.05) is 11.6 Å². The Morgan fingerprint density at radius 3 is 2.96 bits per heavy atom. The summed E-state index contributed by atoms with van der Waals surface area (Å²) in [7, 11) is 1.65. The normalized spacial score (nSPS) is 22.0. The van der Waals surface area contributed by atoms with E-state index in [2.05, 4.69) is 9.88 Å². The van der Waals surface area contributed by atoms with Crippen molar-refractivity contribution in [2.75, 3.05) is 20.2 Å². The molecule has 0 saturated carbocycles. The molecule has 2 rings (SSSR count). The first kappa shape index (κ1) is 17.7. The number of carboxylic acid groups (broad SMARTS) is 1. The summed E-state index contributed by atoms with van der Waals surface area (Å²) in [6.07, 6.45) is 7.91. The van der Waals surface area contributed by atoms with Gasteiger partial charge in [0, 0.05) is 26.0 Å². The second kappa shape index (κ2) is 7.75. The number of piperidine rings is 1. The molecule has 0 aliphatic carbocycles. The molecule has 1 unspecified atom stereocenters. The predicted octanol–water partition coefficient (Wildman–Crippen LogP) is 2.51. The Morgan fingerprint density at radius 2 is 2.30 bits per heavy atom. The first-order chi connectivity index (χ1) is 11.0. The van der Waals surface area contributed by atoms with Crippen LogP contribution in [0.3, 0.4) is 0 Å². The van der Waals surface area contributed by atoms with Gasteiger partial charge < -0.3 is 14.4 Å². The standard InChI is InChI=1S/C17H27N3O3/c1-14(2)5-7-17(16(21)22)6-4-9-19(12-17)11-15-18-8-10-20(15)13-23-3/h5,8,10H,4,6-7,9,11-13H2,1-3H3,(H,21,22). The third-order valence-corrected chi connectivity index (χ3v) is 4.45. The molecule has 2 heterocycles. The second-order valence-corrected chi connectivity index (χ2v) is 6.62. The topological polar surface area (TPSA) is 67.6 Å². The van der Waals surface area contributed by atoms with Crippen molar-refractivity contribution >= 4 is 5.97 Å². The van der Waals surface area contributed by atoms with Crippen molar-refractivity contribution in [2.24, 2.45) is 5.41 Å². The summed E-state index contributed by atoms with van der Waals surface area (Å²) in [5, 5.41) is 9.79. The van der Waals surface area contributed by atoms with E-state index in [1.54, 1.807) is 13.3 Å². The van der Waals surface area contributed by atoms with Crippen LogP contribution >= 0.6 is 0 Å². The van der Waals surface area contributed by atoms with E-state index < -0.39 is 11.4 Å². The van der Waals surface area contributed by atoms with Crippen molar-refractivity contribution in [1.29, 1.82) is 0 Å². The van der Waals surface area contributed by atoms with Gasteiger partial charge in [0.2, 0.25) is 0 Å². The molecule has 1 aliphatic rings. The quantitative estimate of drug-likeness (QED) is 0.782. The highest BCUT2D eigenvalue weighted by Gasteiger charge is 2.41. The summed E-state index contributed by atoms with van der Waals surface area (Å²) in [4.78, 5) is 18.5. The number of rotatable bonds is 7. The molecule has 1 aliphatic heterocycles. The molecule has 6 nitrogen and oxygen atoms in total. The molecule has 128 valence electrons. The fourth-order valence-electron chi connectivity index (χ4n) is 3.14. The van der Waals surface area contributed by atoms with Gasteiger partial charge in [-0.25, -0.2) is 4.98 Å². The molecule has 1 aromatic heterocycles. The largest absolute Gasteiger partial charge is 0.481 e. The summed E-state index contributed by atoms with van der Waals surface area (Å²) in [5.41, 5.74) is 0.479.